The molecular weight excluding hydrogens is 210 g/mol. The number of benzene rings is 1. The van der Waals surface area contributed by atoms with Crippen molar-refractivity contribution in [2.24, 2.45) is 5.41 Å². The maximum atomic E-state index is 12.5. The van der Waals surface area contributed by atoms with Gasteiger partial charge in [0.2, 0.25) is 5.91 Å². The maximum absolute atomic E-state index is 12.5. The molecule has 0 spiro atoms. The van der Waals surface area contributed by atoms with Crippen molar-refractivity contribution in [3.63, 3.8) is 0 Å². The standard InChI is InChI=1S/C15H21NO/c1-14(2,3)10-15(4)11-8-6-7-9-12(11)16(5)13(15)17/h6-9H,10H2,1-5H3/t15-/m1/s1. The summed E-state index contributed by atoms with van der Waals surface area (Å²) >= 11 is 0. The van der Waals surface area contributed by atoms with E-state index in [0.29, 0.717) is 0 Å². The molecule has 2 nitrogen and oxygen atoms in total. The first-order valence-corrected chi connectivity index (χ1v) is 6.13. The topological polar surface area (TPSA) is 20.3 Å². The number of anilines is 1. The van der Waals surface area contributed by atoms with Crippen LogP contribution in [0.15, 0.2) is 24.3 Å². The zero-order valence-electron chi connectivity index (χ0n) is 11.4. The molecule has 92 valence electrons. The number of rotatable bonds is 1. The minimum absolute atomic E-state index is 0.142. The predicted molar refractivity (Wildman–Crippen MR) is 71.3 cm³/mol. The molecule has 0 N–H and O–H groups in total. The largest absolute Gasteiger partial charge is 0.314 e. The van der Waals surface area contributed by atoms with Gasteiger partial charge >= 0.3 is 0 Å². The van der Waals surface area contributed by atoms with E-state index in [-0.39, 0.29) is 16.7 Å². The van der Waals surface area contributed by atoms with Crippen LogP contribution in [0.25, 0.3) is 0 Å². The van der Waals surface area contributed by atoms with Crippen molar-refractivity contribution in [2.45, 2.75) is 39.5 Å². The Balaban J connectivity index is 2.52. The Labute approximate surface area is 104 Å². The van der Waals surface area contributed by atoms with Crippen LogP contribution in [0, 0.1) is 5.41 Å². The van der Waals surface area contributed by atoms with Gasteiger partial charge in [0, 0.05) is 12.7 Å². The third-order valence-electron chi connectivity index (χ3n) is 3.52. The average Bonchev–Trinajstić information content (AvgIpc) is 2.40. The highest BCUT2D eigenvalue weighted by Crippen LogP contribution is 2.46. The molecule has 0 saturated heterocycles. The van der Waals surface area contributed by atoms with Crippen molar-refractivity contribution >= 4 is 11.6 Å². The molecule has 0 aromatic heterocycles. The highest BCUT2D eigenvalue weighted by molar-refractivity contribution is 6.07. The quantitative estimate of drug-likeness (QED) is 0.725. The lowest BCUT2D eigenvalue weighted by molar-refractivity contribution is -0.123. The minimum Gasteiger partial charge on any atom is -0.314 e. The second kappa shape index (κ2) is 3.59. The normalized spacial score (nSPS) is 24.1. The van der Waals surface area contributed by atoms with Gasteiger partial charge in [-0.25, -0.2) is 0 Å². The molecule has 1 heterocycles. The molecule has 1 aliphatic rings. The first kappa shape index (κ1) is 12.2. The Hall–Kier alpha value is -1.31. The van der Waals surface area contributed by atoms with Gasteiger partial charge in [-0.05, 0) is 30.4 Å². The van der Waals surface area contributed by atoms with Crippen LogP contribution in [0.1, 0.15) is 39.7 Å². The summed E-state index contributed by atoms with van der Waals surface area (Å²) in [5.74, 6) is 0.216. The number of amides is 1. The molecule has 2 rings (SSSR count). The van der Waals surface area contributed by atoms with Crippen molar-refractivity contribution in [3.8, 4) is 0 Å². The molecule has 0 unspecified atom stereocenters. The summed E-state index contributed by atoms with van der Waals surface area (Å²) in [6.45, 7) is 8.63. The van der Waals surface area contributed by atoms with Gasteiger partial charge in [0.25, 0.3) is 0 Å². The molecule has 1 aromatic carbocycles. The molecule has 1 atom stereocenters. The maximum Gasteiger partial charge on any atom is 0.237 e. The van der Waals surface area contributed by atoms with E-state index in [9.17, 15) is 4.79 Å². The molecule has 0 radical (unpaired) electrons. The van der Waals surface area contributed by atoms with Gasteiger partial charge in [0.05, 0.1) is 5.41 Å². The summed E-state index contributed by atoms with van der Waals surface area (Å²) in [5, 5.41) is 0. The molecule has 1 aliphatic heterocycles. The zero-order valence-corrected chi connectivity index (χ0v) is 11.4. The SMILES string of the molecule is CN1C(=O)[C@](C)(CC(C)(C)C)c2ccccc21. The first-order chi connectivity index (χ1) is 7.76. The van der Waals surface area contributed by atoms with Crippen molar-refractivity contribution in [2.75, 3.05) is 11.9 Å². The molecule has 0 aliphatic carbocycles. The minimum atomic E-state index is -0.371. The highest BCUT2D eigenvalue weighted by atomic mass is 16.2. The second-order valence-corrected chi connectivity index (χ2v) is 6.45. The van der Waals surface area contributed by atoms with Gasteiger partial charge in [-0.1, -0.05) is 39.0 Å². The Bertz CT molecular complexity index is 458. The van der Waals surface area contributed by atoms with Gasteiger partial charge < -0.3 is 4.90 Å². The van der Waals surface area contributed by atoms with Crippen molar-refractivity contribution < 1.29 is 4.79 Å². The van der Waals surface area contributed by atoms with Crippen LogP contribution in [-0.4, -0.2) is 13.0 Å². The van der Waals surface area contributed by atoms with Crippen molar-refractivity contribution in [1.29, 1.82) is 0 Å². The van der Waals surface area contributed by atoms with E-state index in [1.807, 2.05) is 25.2 Å². The smallest absolute Gasteiger partial charge is 0.237 e. The Morgan fingerprint density at radius 2 is 1.82 bits per heavy atom. The van der Waals surface area contributed by atoms with Crippen LogP contribution in [0.5, 0.6) is 0 Å². The van der Waals surface area contributed by atoms with Crippen molar-refractivity contribution in [1.82, 2.24) is 0 Å². The lowest BCUT2D eigenvalue weighted by atomic mass is 9.71. The van der Waals surface area contributed by atoms with Crippen LogP contribution in [0.3, 0.4) is 0 Å². The summed E-state index contributed by atoms with van der Waals surface area (Å²) in [7, 11) is 1.87. The van der Waals surface area contributed by atoms with Gasteiger partial charge in [-0.3, -0.25) is 4.79 Å². The third-order valence-corrected chi connectivity index (χ3v) is 3.52. The summed E-state index contributed by atoms with van der Waals surface area (Å²) in [5.41, 5.74) is 2.00. The Morgan fingerprint density at radius 3 is 2.41 bits per heavy atom. The number of likely N-dealkylation sites (N-methyl/N-ethyl adjacent to an activating group) is 1. The average molecular weight is 231 g/mol. The molecule has 17 heavy (non-hydrogen) atoms. The van der Waals surface area contributed by atoms with Gasteiger partial charge in [0.1, 0.15) is 0 Å². The van der Waals surface area contributed by atoms with E-state index in [2.05, 4.69) is 33.8 Å². The fraction of sp³-hybridized carbons (Fsp3) is 0.533. The number of fused-ring (bicyclic) bond motifs is 1. The van der Waals surface area contributed by atoms with E-state index in [1.54, 1.807) is 4.90 Å². The Kier molecular flexibility index (Phi) is 2.57. The fourth-order valence-corrected chi connectivity index (χ4v) is 3.06. The molecular formula is C15H21NO. The molecule has 0 bridgehead atoms. The zero-order chi connectivity index (χ0) is 12.8. The first-order valence-electron chi connectivity index (χ1n) is 6.13. The van der Waals surface area contributed by atoms with Crippen LogP contribution in [0.2, 0.25) is 0 Å². The van der Waals surface area contributed by atoms with E-state index >= 15 is 0 Å². The summed E-state index contributed by atoms with van der Waals surface area (Å²) in [6.07, 6.45) is 0.875. The van der Waals surface area contributed by atoms with Gasteiger partial charge in [0.15, 0.2) is 0 Å². The van der Waals surface area contributed by atoms with Crippen molar-refractivity contribution in [3.05, 3.63) is 29.8 Å². The summed E-state index contributed by atoms with van der Waals surface area (Å²) < 4.78 is 0. The van der Waals surface area contributed by atoms with E-state index < -0.39 is 0 Å². The second-order valence-electron chi connectivity index (χ2n) is 6.45. The van der Waals surface area contributed by atoms with E-state index in [1.165, 1.54) is 5.56 Å². The predicted octanol–water partition coefficient (Wildman–Crippen LogP) is 3.36. The molecule has 1 amide bonds. The highest BCUT2D eigenvalue weighted by Gasteiger charge is 2.47. The number of carbonyl (C=O) groups is 1. The van der Waals surface area contributed by atoms with Gasteiger partial charge in [-0.2, -0.15) is 0 Å². The van der Waals surface area contributed by atoms with Gasteiger partial charge in [-0.15, -0.1) is 0 Å². The molecule has 0 fully saturated rings. The van der Waals surface area contributed by atoms with Crippen LogP contribution < -0.4 is 4.90 Å². The number of hydrogen-bond donors (Lipinski definition) is 0. The lowest BCUT2D eigenvalue weighted by Crippen LogP contribution is -2.38. The monoisotopic (exact) mass is 231 g/mol. The van der Waals surface area contributed by atoms with Crippen LogP contribution in [-0.2, 0) is 10.2 Å². The number of carbonyl (C=O) groups excluding carboxylic acids is 1. The van der Waals surface area contributed by atoms with Crippen LogP contribution in [0.4, 0.5) is 5.69 Å². The molecule has 2 heteroatoms. The van der Waals surface area contributed by atoms with Crippen LogP contribution >= 0.6 is 0 Å². The number of hydrogen-bond acceptors (Lipinski definition) is 1. The number of nitrogens with zero attached hydrogens (tertiary/aromatic N) is 1. The summed E-state index contributed by atoms with van der Waals surface area (Å²) in [4.78, 5) is 14.3. The number of para-hydroxylation sites is 1. The molecule has 0 saturated carbocycles. The lowest BCUT2D eigenvalue weighted by Gasteiger charge is -2.31. The van der Waals surface area contributed by atoms with E-state index in [0.717, 1.165) is 12.1 Å². The molecule has 1 aromatic rings. The fourth-order valence-electron chi connectivity index (χ4n) is 3.06. The Morgan fingerprint density at radius 1 is 1.24 bits per heavy atom. The van der Waals surface area contributed by atoms with E-state index in [4.69, 9.17) is 0 Å². The third kappa shape index (κ3) is 1.86. The summed E-state index contributed by atoms with van der Waals surface area (Å²) in [6, 6.07) is 8.13.